The van der Waals surface area contributed by atoms with E-state index in [9.17, 15) is 13.6 Å². The topological polar surface area (TPSA) is 55.1 Å². The van der Waals surface area contributed by atoms with Gasteiger partial charge in [-0.1, -0.05) is 55.7 Å². The molecule has 28 heavy (non-hydrogen) atoms. The van der Waals surface area contributed by atoms with Crippen molar-refractivity contribution >= 4 is 5.91 Å². The molecular weight excluding hydrogens is 362 g/mol. The highest BCUT2D eigenvalue weighted by Gasteiger charge is 2.27. The zero-order valence-electron chi connectivity index (χ0n) is 15.3. The number of rotatable bonds is 4. The van der Waals surface area contributed by atoms with Crippen LogP contribution in [0.4, 0.5) is 8.78 Å². The Kier molecular flexibility index (Phi) is 5.19. The molecule has 144 valence electrons. The van der Waals surface area contributed by atoms with Gasteiger partial charge in [-0.25, -0.2) is 13.8 Å². The summed E-state index contributed by atoms with van der Waals surface area (Å²) in [5, 5.41) is 2.99. The molecular formula is C22H20F2N2O2. The number of carbonyl (C=O) groups excluding carboxylic acids is 1. The average Bonchev–Trinajstić information content (AvgIpc) is 3.14. The lowest BCUT2D eigenvalue weighted by atomic mass is 9.95. The minimum atomic E-state index is -0.792. The number of carbonyl (C=O) groups is 1. The molecule has 0 spiro atoms. The van der Waals surface area contributed by atoms with Crippen LogP contribution >= 0.6 is 0 Å². The number of aromatic nitrogens is 1. The van der Waals surface area contributed by atoms with Crippen LogP contribution in [0, 0.1) is 11.6 Å². The van der Waals surface area contributed by atoms with Gasteiger partial charge in [0.25, 0.3) is 5.91 Å². The number of halogens is 2. The van der Waals surface area contributed by atoms with Gasteiger partial charge in [-0.3, -0.25) is 4.79 Å². The highest BCUT2D eigenvalue weighted by Crippen LogP contribution is 2.32. The van der Waals surface area contributed by atoms with Gasteiger partial charge in [0, 0.05) is 11.6 Å². The molecule has 1 aromatic heterocycles. The maximum Gasteiger partial charge on any atom is 0.274 e. The standard InChI is InChI=1S/C22H20F2N2O2/c23-16-12-7-13-17(24)18(16)22-26-19(20(28-22)14-8-3-1-4-9-14)21(27)25-15-10-5-2-6-11-15/h1,3-4,7-9,12-13,15H,2,5-6,10-11H2,(H,25,27). The van der Waals surface area contributed by atoms with Gasteiger partial charge in [0.2, 0.25) is 5.89 Å². The monoisotopic (exact) mass is 382 g/mol. The van der Waals surface area contributed by atoms with Crippen LogP contribution in [0.15, 0.2) is 52.9 Å². The second kappa shape index (κ2) is 7.92. The van der Waals surface area contributed by atoms with Crippen LogP contribution in [0.3, 0.4) is 0 Å². The van der Waals surface area contributed by atoms with Crippen molar-refractivity contribution in [1.82, 2.24) is 10.3 Å². The van der Waals surface area contributed by atoms with Crippen LogP contribution in [0.1, 0.15) is 42.6 Å². The van der Waals surface area contributed by atoms with Gasteiger partial charge in [-0.05, 0) is 25.0 Å². The van der Waals surface area contributed by atoms with Gasteiger partial charge in [0.05, 0.1) is 0 Å². The minimum Gasteiger partial charge on any atom is -0.435 e. The van der Waals surface area contributed by atoms with E-state index < -0.39 is 17.5 Å². The van der Waals surface area contributed by atoms with Crippen molar-refractivity contribution in [3.8, 4) is 22.8 Å². The Labute approximate surface area is 161 Å². The number of oxazole rings is 1. The third-order valence-corrected chi connectivity index (χ3v) is 5.00. The first-order valence-electron chi connectivity index (χ1n) is 9.45. The Bertz CT molecular complexity index is 959. The molecule has 3 aromatic rings. The van der Waals surface area contributed by atoms with Crippen molar-refractivity contribution in [2.24, 2.45) is 0 Å². The molecule has 1 N–H and O–H groups in total. The Hall–Kier alpha value is -3.02. The molecule has 1 aliphatic rings. The Morgan fingerprint density at radius 2 is 1.64 bits per heavy atom. The number of hydrogen-bond donors (Lipinski definition) is 1. The predicted molar refractivity (Wildman–Crippen MR) is 102 cm³/mol. The number of benzene rings is 2. The molecule has 1 heterocycles. The van der Waals surface area contributed by atoms with Crippen molar-refractivity contribution in [2.75, 3.05) is 0 Å². The molecule has 0 aliphatic heterocycles. The molecule has 0 unspecified atom stereocenters. The fourth-order valence-electron chi connectivity index (χ4n) is 3.57. The van der Waals surface area contributed by atoms with Crippen molar-refractivity contribution < 1.29 is 18.0 Å². The zero-order chi connectivity index (χ0) is 19.5. The lowest BCUT2D eigenvalue weighted by Crippen LogP contribution is -2.36. The summed E-state index contributed by atoms with van der Waals surface area (Å²) in [4.78, 5) is 17.1. The second-order valence-corrected chi connectivity index (χ2v) is 6.97. The first kappa shape index (κ1) is 18.3. The maximum absolute atomic E-state index is 14.2. The summed E-state index contributed by atoms with van der Waals surface area (Å²) in [6, 6.07) is 12.6. The smallest absolute Gasteiger partial charge is 0.274 e. The van der Waals surface area contributed by atoms with Crippen molar-refractivity contribution in [2.45, 2.75) is 38.1 Å². The van der Waals surface area contributed by atoms with E-state index in [-0.39, 0.29) is 29.0 Å². The summed E-state index contributed by atoms with van der Waals surface area (Å²) < 4.78 is 34.1. The van der Waals surface area contributed by atoms with Crippen LogP contribution in [0.25, 0.3) is 22.8 Å². The molecule has 1 aliphatic carbocycles. The third kappa shape index (κ3) is 3.67. The van der Waals surface area contributed by atoms with Crippen molar-refractivity contribution in [3.63, 3.8) is 0 Å². The van der Waals surface area contributed by atoms with E-state index >= 15 is 0 Å². The largest absolute Gasteiger partial charge is 0.435 e. The van der Waals surface area contributed by atoms with Crippen LogP contribution in [-0.4, -0.2) is 16.9 Å². The highest BCUT2D eigenvalue weighted by atomic mass is 19.1. The van der Waals surface area contributed by atoms with Gasteiger partial charge in [-0.15, -0.1) is 0 Å². The fourth-order valence-corrected chi connectivity index (χ4v) is 3.57. The van der Waals surface area contributed by atoms with E-state index in [2.05, 4.69) is 10.3 Å². The Balaban J connectivity index is 1.75. The van der Waals surface area contributed by atoms with Gasteiger partial charge >= 0.3 is 0 Å². The molecule has 6 heteroatoms. The zero-order valence-corrected chi connectivity index (χ0v) is 15.3. The molecule has 0 bridgehead atoms. The third-order valence-electron chi connectivity index (χ3n) is 5.00. The van der Waals surface area contributed by atoms with Gasteiger partial charge in [0.1, 0.15) is 17.2 Å². The predicted octanol–water partition coefficient (Wildman–Crippen LogP) is 5.35. The molecule has 1 amide bonds. The lowest BCUT2D eigenvalue weighted by molar-refractivity contribution is 0.0923. The molecule has 4 rings (SSSR count). The first-order chi connectivity index (χ1) is 13.6. The summed E-state index contributed by atoms with van der Waals surface area (Å²) in [5.74, 6) is -2.02. The molecule has 0 atom stereocenters. The van der Waals surface area contributed by atoms with E-state index in [0.717, 1.165) is 37.8 Å². The highest BCUT2D eigenvalue weighted by molar-refractivity contribution is 5.98. The fraction of sp³-hybridized carbons (Fsp3) is 0.273. The quantitative estimate of drug-likeness (QED) is 0.662. The molecule has 1 saturated carbocycles. The summed E-state index contributed by atoms with van der Waals surface area (Å²) >= 11 is 0. The maximum atomic E-state index is 14.2. The Morgan fingerprint density at radius 1 is 0.964 bits per heavy atom. The lowest BCUT2D eigenvalue weighted by Gasteiger charge is -2.22. The molecule has 1 fully saturated rings. The molecule has 0 saturated heterocycles. The molecule has 2 aromatic carbocycles. The van der Waals surface area contributed by atoms with E-state index in [4.69, 9.17) is 4.42 Å². The van der Waals surface area contributed by atoms with Gasteiger partial charge in [0.15, 0.2) is 11.5 Å². The molecule has 4 nitrogen and oxygen atoms in total. The number of nitrogens with one attached hydrogen (secondary N) is 1. The summed E-state index contributed by atoms with van der Waals surface area (Å²) in [6.07, 6.45) is 5.14. The van der Waals surface area contributed by atoms with Gasteiger partial charge in [-0.2, -0.15) is 0 Å². The number of hydrogen-bond acceptors (Lipinski definition) is 3. The van der Waals surface area contributed by atoms with E-state index in [1.54, 1.807) is 24.3 Å². The SMILES string of the molecule is O=C(NC1CCCCC1)c1nc(-c2c(F)cccc2F)oc1-c1ccccc1. The van der Waals surface area contributed by atoms with Gasteiger partial charge < -0.3 is 9.73 Å². The van der Waals surface area contributed by atoms with Crippen molar-refractivity contribution in [1.29, 1.82) is 0 Å². The second-order valence-electron chi connectivity index (χ2n) is 6.97. The van der Waals surface area contributed by atoms with E-state index in [0.29, 0.717) is 5.56 Å². The average molecular weight is 382 g/mol. The first-order valence-corrected chi connectivity index (χ1v) is 9.45. The van der Waals surface area contributed by atoms with E-state index in [1.807, 2.05) is 6.07 Å². The summed E-state index contributed by atoms with van der Waals surface area (Å²) in [5.41, 5.74) is 0.276. The number of amides is 1. The van der Waals surface area contributed by atoms with E-state index in [1.165, 1.54) is 12.5 Å². The normalized spacial score (nSPS) is 14.8. The van der Waals surface area contributed by atoms with Crippen LogP contribution < -0.4 is 5.32 Å². The summed E-state index contributed by atoms with van der Waals surface area (Å²) in [6.45, 7) is 0. The van der Waals surface area contributed by atoms with Crippen LogP contribution in [0.2, 0.25) is 0 Å². The number of nitrogens with zero attached hydrogens (tertiary/aromatic N) is 1. The summed E-state index contributed by atoms with van der Waals surface area (Å²) in [7, 11) is 0. The van der Waals surface area contributed by atoms with Crippen molar-refractivity contribution in [3.05, 3.63) is 65.9 Å². The Morgan fingerprint density at radius 3 is 2.32 bits per heavy atom. The van der Waals surface area contributed by atoms with Crippen LogP contribution in [0.5, 0.6) is 0 Å². The van der Waals surface area contributed by atoms with Crippen LogP contribution in [-0.2, 0) is 0 Å². The minimum absolute atomic E-state index is 0.0365. The molecule has 0 radical (unpaired) electrons.